The molecule has 6 heteroatoms. The number of benzene rings is 1. The SMILES string of the molecule is CC(OC(=O)c1ccc2c(c1)CCCC2)C(=O)NC(=O)NC(C)(C)C. The first kappa shape index (κ1) is 19.0. The first-order valence-electron chi connectivity index (χ1n) is 8.61. The Kier molecular flexibility index (Phi) is 5.82. The number of imide groups is 1. The van der Waals surface area contributed by atoms with E-state index < -0.39 is 29.6 Å². The minimum atomic E-state index is -1.06. The van der Waals surface area contributed by atoms with Crippen molar-refractivity contribution in [2.75, 3.05) is 0 Å². The monoisotopic (exact) mass is 346 g/mol. The standard InChI is InChI=1S/C19H26N2O4/c1-12(16(22)20-18(24)21-19(2,3)4)25-17(23)15-10-9-13-7-5-6-8-14(13)11-15/h9-12H,5-8H2,1-4H3,(H2,20,21,22,24). The van der Waals surface area contributed by atoms with Crippen LogP contribution in [-0.4, -0.2) is 29.6 Å². The third-order valence-electron chi connectivity index (χ3n) is 3.96. The van der Waals surface area contributed by atoms with Gasteiger partial charge in [0.1, 0.15) is 0 Å². The Morgan fingerprint density at radius 1 is 1.08 bits per heavy atom. The lowest BCUT2D eigenvalue weighted by atomic mass is 9.90. The minimum Gasteiger partial charge on any atom is -0.449 e. The molecule has 0 aromatic heterocycles. The van der Waals surface area contributed by atoms with Gasteiger partial charge in [-0.05, 0) is 76.6 Å². The number of hydrogen-bond acceptors (Lipinski definition) is 4. The summed E-state index contributed by atoms with van der Waals surface area (Å²) in [6.45, 7) is 6.85. The first-order valence-corrected chi connectivity index (χ1v) is 8.61. The number of amides is 3. The Balaban J connectivity index is 1.93. The Hall–Kier alpha value is -2.37. The number of nitrogens with one attached hydrogen (secondary N) is 2. The predicted molar refractivity (Wildman–Crippen MR) is 94.4 cm³/mol. The van der Waals surface area contributed by atoms with Crippen molar-refractivity contribution in [1.82, 2.24) is 10.6 Å². The van der Waals surface area contributed by atoms with Gasteiger partial charge < -0.3 is 10.1 Å². The molecule has 2 rings (SSSR count). The fourth-order valence-electron chi connectivity index (χ4n) is 2.73. The van der Waals surface area contributed by atoms with Gasteiger partial charge in [0, 0.05) is 5.54 Å². The van der Waals surface area contributed by atoms with Gasteiger partial charge in [-0.3, -0.25) is 10.1 Å². The van der Waals surface area contributed by atoms with E-state index in [1.807, 2.05) is 12.1 Å². The summed E-state index contributed by atoms with van der Waals surface area (Å²) in [4.78, 5) is 36.0. The molecule has 0 fully saturated rings. The van der Waals surface area contributed by atoms with Crippen molar-refractivity contribution in [3.8, 4) is 0 Å². The van der Waals surface area contributed by atoms with Crippen LogP contribution in [0.5, 0.6) is 0 Å². The second-order valence-corrected chi connectivity index (χ2v) is 7.43. The van der Waals surface area contributed by atoms with Crippen LogP contribution < -0.4 is 10.6 Å². The van der Waals surface area contributed by atoms with Crippen molar-refractivity contribution in [3.05, 3.63) is 34.9 Å². The zero-order valence-electron chi connectivity index (χ0n) is 15.3. The van der Waals surface area contributed by atoms with E-state index in [1.165, 1.54) is 24.5 Å². The van der Waals surface area contributed by atoms with E-state index in [2.05, 4.69) is 10.6 Å². The molecule has 25 heavy (non-hydrogen) atoms. The van der Waals surface area contributed by atoms with Crippen LogP contribution in [0.15, 0.2) is 18.2 Å². The summed E-state index contributed by atoms with van der Waals surface area (Å²) in [5.41, 5.74) is 2.40. The molecule has 0 aliphatic heterocycles. The normalized spacial score (nSPS) is 14.9. The molecular weight excluding hydrogens is 320 g/mol. The molecule has 1 unspecified atom stereocenters. The molecule has 6 nitrogen and oxygen atoms in total. The van der Waals surface area contributed by atoms with Crippen LogP contribution in [0.2, 0.25) is 0 Å². The van der Waals surface area contributed by atoms with Gasteiger partial charge in [0.15, 0.2) is 6.10 Å². The van der Waals surface area contributed by atoms with Crippen molar-refractivity contribution in [2.24, 2.45) is 0 Å². The van der Waals surface area contributed by atoms with Gasteiger partial charge in [-0.15, -0.1) is 0 Å². The van der Waals surface area contributed by atoms with Crippen LogP contribution in [0, 0.1) is 0 Å². The van der Waals surface area contributed by atoms with Gasteiger partial charge in [-0.2, -0.15) is 0 Å². The maximum Gasteiger partial charge on any atom is 0.338 e. The topological polar surface area (TPSA) is 84.5 Å². The van der Waals surface area contributed by atoms with Crippen molar-refractivity contribution in [3.63, 3.8) is 0 Å². The largest absolute Gasteiger partial charge is 0.449 e. The molecule has 136 valence electrons. The lowest BCUT2D eigenvalue weighted by molar-refractivity contribution is -0.127. The number of rotatable bonds is 3. The van der Waals surface area contributed by atoms with Gasteiger partial charge in [0.2, 0.25) is 0 Å². The quantitative estimate of drug-likeness (QED) is 0.824. The number of esters is 1. The van der Waals surface area contributed by atoms with Gasteiger partial charge in [-0.1, -0.05) is 6.07 Å². The van der Waals surface area contributed by atoms with Gasteiger partial charge in [-0.25, -0.2) is 9.59 Å². The lowest BCUT2D eigenvalue weighted by Gasteiger charge is -2.21. The van der Waals surface area contributed by atoms with Crippen LogP contribution in [0.3, 0.4) is 0 Å². The Labute approximate surface area is 148 Å². The second-order valence-electron chi connectivity index (χ2n) is 7.43. The van der Waals surface area contributed by atoms with Crippen molar-refractivity contribution >= 4 is 17.9 Å². The molecule has 0 radical (unpaired) electrons. The molecule has 1 aromatic carbocycles. The second kappa shape index (κ2) is 7.68. The number of carbonyl (C=O) groups excluding carboxylic acids is 3. The molecule has 3 amide bonds. The third-order valence-corrected chi connectivity index (χ3v) is 3.96. The minimum absolute atomic E-state index is 0.430. The summed E-state index contributed by atoms with van der Waals surface area (Å²) in [6.07, 6.45) is 3.22. The highest BCUT2D eigenvalue weighted by molar-refractivity contribution is 5.98. The lowest BCUT2D eigenvalue weighted by Crippen LogP contribution is -2.50. The highest BCUT2D eigenvalue weighted by atomic mass is 16.5. The molecule has 2 N–H and O–H groups in total. The average molecular weight is 346 g/mol. The number of fused-ring (bicyclic) bond motifs is 1. The highest BCUT2D eigenvalue weighted by Crippen LogP contribution is 2.22. The van der Waals surface area contributed by atoms with Crippen LogP contribution >= 0.6 is 0 Å². The van der Waals surface area contributed by atoms with E-state index >= 15 is 0 Å². The van der Waals surface area contributed by atoms with Crippen molar-refractivity contribution in [2.45, 2.75) is 65.0 Å². The van der Waals surface area contributed by atoms with Crippen LogP contribution in [0.1, 0.15) is 62.0 Å². The third kappa shape index (κ3) is 5.59. The Morgan fingerprint density at radius 3 is 2.36 bits per heavy atom. The number of carbonyl (C=O) groups is 3. The maximum atomic E-state index is 12.3. The van der Waals surface area contributed by atoms with E-state index in [9.17, 15) is 14.4 Å². The van der Waals surface area contributed by atoms with Crippen molar-refractivity contribution < 1.29 is 19.1 Å². The van der Waals surface area contributed by atoms with E-state index in [0.29, 0.717) is 5.56 Å². The number of hydrogen-bond donors (Lipinski definition) is 2. The number of ether oxygens (including phenoxy) is 1. The fourth-order valence-corrected chi connectivity index (χ4v) is 2.73. The molecule has 0 saturated carbocycles. The highest BCUT2D eigenvalue weighted by Gasteiger charge is 2.23. The molecule has 0 spiro atoms. The summed E-state index contributed by atoms with van der Waals surface area (Å²) < 4.78 is 5.19. The summed E-state index contributed by atoms with van der Waals surface area (Å²) >= 11 is 0. The summed E-state index contributed by atoms with van der Waals surface area (Å²) in [5, 5.41) is 4.79. The summed E-state index contributed by atoms with van der Waals surface area (Å²) in [7, 11) is 0. The molecular formula is C19H26N2O4. The van der Waals surface area contributed by atoms with Crippen LogP contribution in [0.4, 0.5) is 4.79 Å². The Bertz CT molecular complexity index is 676. The zero-order valence-corrected chi connectivity index (χ0v) is 15.3. The Morgan fingerprint density at radius 2 is 1.72 bits per heavy atom. The van der Waals surface area contributed by atoms with Gasteiger partial charge in [0.25, 0.3) is 5.91 Å². The maximum absolute atomic E-state index is 12.3. The molecule has 1 atom stereocenters. The van der Waals surface area contributed by atoms with Gasteiger partial charge in [0.05, 0.1) is 5.56 Å². The molecule has 1 aromatic rings. The predicted octanol–water partition coefficient (Wildman–Crippen LogP) is 2.74. The zero-order chi connectivity index (χ0) is 18.6. The molecule has 0 bridgehead atoms. The number of aryl methyl sites for hydroxylation is 2. The summed E-state index contributed by atoms with van der Waals surface area (Å²) in [5.74, 6) is -1.22. The van der Waals surface area contributed by atoms with E-state index in [4.69, 9.17) is 4.74 Å². The average Bonchev–Trinajstić information content (AvgIpc) is 2.52. The smallest absolute Gasteiger partial charge is 0.338 e. The van der Waals surface area contributed by atoms with E-state index in [-0.39, 0.29) is 0 Å². The molecule has 0 heterocycles. The van der Waals surface area contributed by atoms with E-state index in [0.717, 1.165) is 19.3 Å². The summed E-state index contributed by atoms with van der Waals surface area (Å²) in [6, 6.07) is 4.90. The molecule has 0 saturated heterocycles. The molecule has 1 aliphatic carbocycles. The fraction of sp³-hybridized carbons (Fsp3) is 0.526. The molecule has 1 aliphatic rings. The van der Waals surface area contributed by atoms with Gasteiger partial charge >= 0.3 is 12.0 Å². The first-order chi connectivity index (χ1) is 11.7. The van der Waals surface area contributed by atoms with Crippen molar-refractivity contribution in [1.29, 1.82) is 0 Å². The van der Waals surface area contributed by atoms with Crippen LogP contribution in [-0.2, 0) is 22.4 Å². The number of urea groups is 1. The van der Waals surface area contributed by atoms with Crippen LogP contribution in [0.25, 0.3) is 0 Å². The van der Waals surface area contributed by atoms with E-state index in [1.54, 1.807) is 26.8 Å².